The first-order valence-corrected chi connectivity index (χ1v) is 10.6. The van der Waals surface area contributed by atoms with E-state index in [0.717, 1.165) is 43.4 Å². The predicted molar refractivity (Wildman–Crippen MR) is 122 cm³/mol. The lowest BCUT2D eigenvalue weighted by molar-refractivity contribution is 0.00465. The molecule has 0 bridgehead atoms. The standard InChI is InChI=1S/C26H27N3O/c1-26(22-13-7-3-8-14-22)25(28-17-19-30-20-18-28)27-24(21-11-5-2-6-12-21)29(26)23-15-9-4-10-16-23/h2-16,25H,17-20H2,1H3. The third kappa shape index (κ3) is 3.22. The Kier molecular flexibility index (Phi) is 5.11. The van der Waals surface area contributed by atoms with Crippen molar-refractivity contribution in [2.75, 3.05) is 31.2 Å². The molecule has 2 heterocycles. The molecule has 0 N–H and O–H groups in total. The van der Waals surface area contributed by atoms with Crippen molar-refractivity contribution in [3.8, 4) is 0 Å². The van der Waals surface area contributed by atoms with Crippen LogP contribution < -0.4 is 4.90 Å². The number of anilines is 1. The van der Waals surface area contributed by atoms with Crippen LogP contribution >= 0.6 is 0 Å². The Morgan fingerprint density at radius 3 is 2.00 bits per heavy atom. The summed E-state index contributed by atoms with van der Waals surface area (Å²) in [5.41, 5.74) is 3.21. The summed E-state index contributed by atoms with van der Waals surface area (Å²) in [6.45, 7) is 5.61. The maximum absolute atomic E-state index is 5.65. The Morgan fingerprint density at radius 2 is 1.37 bits per heavy atom. The van der Waals surface area contributed by atoms with Gasteiger partial charge in [0, 0.05) is 24.3 Å². The van der Waals surface area contributed by atoms with Crippen LogP contribution in [0.3, 0.4) is 0 Å². The van der Waals surface area contributed by atoms with Gasteiger partial charge >= 0.3 is 0 Å². The number of amidine groups is 1. The van der Waals surface area contributed by atoms with E-state index in [1.54, 1.807) is 0 Å². The number of nitrogens with zero attached hydrogens (tertiary/aromatic N) is 3. The van der Waals surface area contributed by atoms with Crippen molar-refractivity contribution in [3.63, 3.8) is 0 Å². The second-order valence-corrected chi connectivity index (χ2v) is 8.03. The van der Waals surface area contributed by atoms with Crippen LogP contribution in [0.4, 0.5) is 5.69 Å². The monoisotopic (exact) mass is 397 g/mol. The first kappa shape index (κ1) is 19.0. The molecule has 1 fully saturated rings. The first-order chi connectivity index (χ1) is 14.8. The SMILES string of the molecule is CC1(c2ccccc2)C(N2CCOCC2)N=C(c2ccccc2)N1c1ccccc1. The number of hydrogen-bond donors (Lipinski definition) is 0. The molecule has 2 aliphatic rings. The van der Waals surface area contributed by atoms with Crippen LogP contribution in [0, 0.1) is 0 Å². The van der Waals surface area contributed by atoms with E-state index >= 15 is 0 Å². The number of aliphatic imine (C=N–C) groups is 1. The van der Waals surface area contributed by atoms with Gasteiger partial charge in [0.1, 0.15) is 17.5 Å². The highest BCUT2D eigenvalue weighted by molar-refractivity contribution is 6.12. The lowest BCUT2D eigenvalue weighted by Crippen LogP contribution is -2.56. The Hall–Kier alpha value is -2.95. The smallest absolute Gasteiger partial charge is 0.138 e. The number of rotatable bonds is 4. The molecular weight excluding hydrogens is 370 g/mol. The van der Waals surface area contributed by atoms with Crippen LogP contribution in [0.15, 0.2) is 96.0 Å². The van der Waals surface area contributed by atoms with E-state index in [1.807, 2.05) is 0 Å². The normalized spacial score (nSPS) is 24.6. The van der Waals surface area contributed by atoms with Gasteiger partial charge in [-0.1, -0.05) is 78.9 Å². The molecule has 4 nitrogen and oxygen atoms in total. The highest BCUT2D eigenvalue weighted by Crippen LogP contribution is 2.44. The summed E-state index contributed by atoms with van der Waals surface area (Å²) in [4.78, 5) is 10.3. The fraction of sp³-hybridized carbons (Fsp3) is 0.269. The number of morpholine rings is 1. The van der Waals surface area contributed by atoms with Gasteiger partial charge in [0.2, 0.25) is 0 Å². The quantitative estimate of drug-likeness (QED) is 0.648. The number of ether oxygens (including phenoxy) is 1. The molecule has 4 heteroatoms. The van der Waals surface area contributed by atoms with Crippen LogP contribution in [-0.2, 0) is 10.3 Å². The summed E-state index contributed by atoms with van der Waals surface area (Å²) in [6.07, 6.45) is -0.000729. The molecule has 0 aliphatic carbocycles. The largest absolute Gasteiger partial charge is 0.379 e. The second-order valence-electron chi connectivity index (χ2n) is 8.03. The van der Waals surface area contributed by atoms with E-state index in [2.05, 4.69) is 108 Å². The van der Waals surface area contributed by atoms with Gasteiger partial charge in [-0.2, -0.15) is 0 Å². The molecule has 0 spiro atoms. The van der Waals surface area contributed by atoms with Crippen molar-refractivity contribution in [2.24, 2.45) is 4.99 Å². The zero-order chi connectivity index (χ0) is 20.4. The average molecular weight is 398 g/mol. The minimum absolute atomic E-state index is 0.000729. The lowest BCUT2D eigenvalue weighted by atomic mass is 9.86. The van der Waals surface area contributed by atoms with Gasteiger partial charge in [0.25, 0.3) is 0 Å². The highest BCUT2D eigenvalue weighted by atomic mass is 16.5. The fourth-order valence-electron chi connectivity index (χ4n) is 4.71. The van der Waals surface area contributed by atoms with Gasteiger partial charge in [0.15, 0.2) is 0 Å². The minimum atomic E-state index is -0.342. The summed E-state index contributed by atoms with van der Waals surface area (Å²) in [6, 6.07) is 32.0. The third-order valence-electron chi connectivity index (χ3n) is 6.22. The molecule has 2 unspecified atom stereocenters. The molecule has 1 saturated heterocycles. The summed E-state index contributed by atoms with van der Waals surface area (Å²) >= 11 is 0. The van der Waals surface area contributed by atoms with Crippen LogP contribution in [0.1, 0.15) is 18.1 Å². The lowest BCUT2D eigenvalue weighted by Gasteiger charge is -2.45. The van der Waals surface area contributed by atoms with Gasteiger partial charge in [-0.25, -0.2) is 4.99 Å². The molecule has 2 aliphatic heterocycles. The van der Waals surface area contributed by atoms with E-state index in [1.165, 1.54) is 5.56 Å². The minimum Gasteiger partial charge on any atom is -0.379 e. The molecule has 0 aromatic heterocycles. The van der Waals surface area contributed by atoms with E-state index in [4.69, 9.17) is 9.73 Å². The molecule has 0 radical (unpaired) electrons. The van der Waals surface area contributed by atoms with Crippen LogP contribution in [0.2, 0.25) is 0 Å². The Morgan fingerprint density at radius 1 is 0.800 bits per heavy atom. The topological polar surface area (TPSA) is 28.1 Å². The molecule has 0 amide bonds. The van der Waals surface area contributed by atoms with Gasteiger partial charge in [-0.05, 0) is 24.6 Å². The predicted octanol–water partition coefficient (Wildman–Crippen LogP) is 4.53. The molecule has 0 saturated carbocycles. The third-order valence-corrected chi connectivity index (χ3v) is 6.22. The van der Waals surface area contributed by atoms with E-state index in [9.17, 15) is 0 Å². The van der Waals surface area contributed by atoms with Crippen molar-refractivity contribution in [1.82, 2.24) is 4.90 Å². The molecule has 152 valence electrons. The number of hydrogen-bond acceptors (Lipinski definition) is 4. The zero-order valence-corrected chi connectivity index (χ0v) is 17.3. The van der Waals surface area contributed by atoms with Gasteiger partial charge in [-0.15, -0.1) is 0 Å². The van der Waals surface area contributed by atoms with Gasteiger partial charge in [-0.3, -0.25) is 4.90 Å². The van der Waals surface area contributed by atoms with Crippen molar-refractivity contribution in [3.05, 3.63) is 102 Å². The van der Waals surface area contributed by atoms with Gasteiger partial charge < -0.3 is 9.64 Å². The maximum Gasteiger partial charge on any atom is 0.138 e. The van der Waals surface area contributed by atoms with Gasteiger partial charge in [0.05, 0.1) is 13.2 Å². The summed E-state index contributed by atoms with van der Waals surface area (Å²) in [5, 5.41) is 0. The summed E-state index contributed by atoms with van der Waals surface area (Å²) in [7, 11) is 0. The molecule has 2 atom stereocenters. The van der Waals surface area contributed by atoms with Crippen molar-refractivity contribution in [1.29, 1.82) is 0 Å². The van der Waals surface area contributed by atoms with E-state index in [-0.39, 0.29) is 11.7 Å². The van der Waals surface area contributed by atoms with Crippen molar-refractivity contribution < 1.29 is 4.74 Å². The number of para-hydroxylation sites is 1. The van der Waals surface area contributed by atoms with Crippen LogP contribution in [-0.4, -0.2) is 43.2 Å². The first-order valence-electron chi connectivity index (χ1n) is 10.6. The highest BCUT2D eigenvalue weighted by Gasteiger charge is 2.51. The van der Waals surface area contributed by atoms with Crippen LogP contribution in [0.25, 0.3) is 0 Å². The molecular formula is C26H27N3O. The Balaban J connectivity index is 1.71. The van der Waals surface area contributed by atoms with Crippen LogP contribution in [0.5, 0.6) is 0 Å². The van der Waals surface area contributed by atoms with Crippen molar-refractivity contribution in [2.45, 2.75) is 18.6 Å². The average Bonchev–Trinajstić information content (AvgIpc) is 3.15. The molecule has 5 rings (SSSR count). The number of benzene rings is 3. The molecule has 3 aromatic rings. The Labute approximate surface area is 178 Å². The second kappa shape index (κ2) is 8.05. The maximum atomic E-state index is 5.65. The molecule has 30 heavy (non-hydrogen) atoms. The van der Waals surface area contributed by atoms with E-state index < -0.39 is 0 Å². The molecule has 3 aromatic carbocycles. The fourth-order valence-corrected chi connectivity index (χ4v) is 4.71. The summed E-state index contributed by atoms with van der Waals surface area (Å²) in [5.74, 6) is 1.02. The zero-order valence-electron chi connectivity index (χ0n) is 17.3. The summed E-state index contributed by atoms with van der Waals surface area (Å²) < 4.78 is 5.65. The van der Waals surface area contributed by atoms with Crippen molar-refractivity contribution >= 4 is 11.5 Å². The Bertz CT molecular complexity index is 1000. The van der Waals surface area contributed by atoms with E-state index in [0.29, 0.717) is 0 Å².